The molecule has 0 bridgehead atoms. The molecule has 0 fully saturated rings. The molecule has 2 rings (SSSR count). The fourth-order valence-electron chi connectivity index (χ4n) is 2.35. The topological polar surface area (TPSA) is 24.1 Å². The number of benzene rings is 2. The average molecular weight is 266 g/mol. The summed E-state index contributed by atoms with van der Waals surface area (Å²) in [5, 5.41) is 6.70. The minimum Gasteiger partial charge on any atom is -0.392 e. The molecule has 2 nitrogen and oxygen atoms in total. The van der Waals surface area contributed by atoms with Gasteiger partial charge in [-0.2, -0.15) is 0 Å². The molecule has 0 saturated carbocycles. The molecule has 2 aromatic carbocycles. The second kappa shape index (κ2) is 6.29. The Balaban J connectivity index is 2.42. The van der Waals surface area contributed by atoms with Gasteiger partial charge >= 0.3 is 0 Å². The lowest BCUT2D eigenvalue weighted by molar-refractivity contribution is 1.10. The van der Waals surface area contributed by atoms with Gasteiger partial charge in [0.1, 0.15) is 0 Å². The van der Waals surface area contributed by atoms with Crippen LogP contribution in [0.25, 0.3) is 5.70 Å². The lowest BCUT2D eigenvalue weighted by atomic mass is 10.0. The predicted octanol–water partition coefficient (Wildman–Crippen LogP) is 4.24. The van der Waals surface area contributed by atoms with Crippen LogP contribution in [0.3, 0.4) is 0 Å². The monoisotopic (exact) mass is 266 g/mol. The third kappa shape index (κ3) is 3.02. The Hall–Kier alpha value is -2.22. The maximum atomic E-state index is 3.57. The SMILES string of the molecule is CN/C=C(\Nc1c(C)cccc1C)c1ccccc1C. The number of rotatable bonds is 4. The summed E-state index contributed by atoms with van der Waals surface area (Å²) < 4.78 is 0. The van der Waals surface area contributed by atoms with Crippen LogP contribution in [-0.4, -0.2) is 7.05 Å². The molecule has 0 aliphatic heterocycles. The first-order valence-electron chi connectivity index (χ1n) is 6.90. The van der Waals surface area contributed by atoms with Crippen molar-refractivity contribution in [2.45, 2.75) is 20.8 Å². The van der Waals surface area contributed by atoms with Gasteiger partial charge in [-0.3, -0.25) is 0 Å². The number of nitrogens with one attached hydrogen (secondary N) is 2. The van der Waals surface area contributed by atoms with Gasteiger partial charge in [0.2, 0.25) is 0 Å². The van der Waals surface area contributed by atoms with Gasteiger partial charge in [-0.05, 0) is 37.5 Å². The molecule has 2 N–H and O–H groups in total. The average Bonchev–Trinajstić information content (AvgIpc) is 2.43. The zero-order chi connectivity index (χ0) is 14.5. The third-order valence-electron chi connectivity index (χ3n) is 3.46. The standard InChI is InChI=1S/C18H22N2/c1-13-8-5-6-11-16(13)17(12-19-4)20-18-14(2)9-7-10-15(18)3/h5-12,19-20H,1-4H3/b17-12-. The summed E-state index contributed by atoms with van der Waals surface area (Å²) in [6, 6.07) is 14.7. The number of para-hydroxylation sites is 1. The third-order valence-corrected chi connectivity index (χ3v) is 3.46. The zero-order valence-corrected chi connectivity index (χ0v) is 12.6. The van der Waals surface area contributed by atoms with Crippen LogP contribution in [0.4, 0.5) is 5.69 Å². The van der Waals surface area contributed by atoms with Crippen molar-refractivity contribution in [1.29, 1.82) is 0 Å². The second-order valence-corrected chi connectivity index (χ2v) is 5.05. The highest BCUT2D eigenvalue weighted by molar-refractivity contribution is 5.80. The van der Waals surface area contributed by atoms with Crippen LogP contribution in [0.5, 0.6) is 0 Å². The van der Waals surface area contributed by atoms with E-state index < -0.39 is 0 Å². The second-order valence-electron chi connectivity index (χ2n) is 5.05. The van der Waals surface area contributed by atoms with Crippen molar-refractivity contribution in [3.05, 3.63) is 70.9 Å². The quantitative estimate of drug-likeness (QED) is 0.865. The molecule has 2 heteroatoms. The smallest absolute Gasteiger partial charge is 0.0620 e. The van der Waals surface area contributed by atoms with Crippen LogP contribution < -0.4 is 10.6 Å². The van der Waals surface area contributed by atoms with Gasteiger partial charge in [0.15, 0.2) is 0 Å². The molecule has 0 aromatic heterocycles. The zero-order valence-electron chi connectivity index (χ0n) is 12.6. The van der Waals surface area contributed by atoms with Crippen LogP contribution in [0.2, 0.25) is 0 Å². The molecule has 0 unspecified atom stereocenters. The Morgan fingerprint density at radius 2 is 1.45 bits per heavy atom. The van der Waals surface area contributed by atoms with E-state index in [0.29, 0.717) is 0 Å². The van der Waals surface area contributed by atoms with Crippen LogP contribution >= 0.6 is 0 Å². The first-order chi connectivity index (χ1) is 9.63. The van der Waals surface area contributed by atoms with Gasteiger partial charge < -0.3 is 10.6 Å². The fraction of sp³-hybridized carbons (Fsp3) is 0.222. The summed E-state index contributed by atoms with van der Waals surface area (Å²) in [4.78, 5) is 0. The maximum Gasteiger partial charge on any atom is 0.0620 e. The number of hydrogen-bond acceptors (Lipinski definition) is 2. The Bertz CT molecular complexity index is 607. The van der Waals surface area contributed by atoms with Crippen LogP contribution in [0.1, 0.15) is 22.3 Å². The molecule has 0 saturated heterocycles. The van der Waals surface area contributed by atoms with Crippen LogP contribution in [0, 0.1) is 20.8 Å². The van der Waals surface area contributed by atoms with E-state index in [-0.39, 0.29) is 0 Å². The van der Waals surface area contributed by atoms with Crippen LogP contribution in [0.15, 0.2) is 48.7 Å². The van der Waals surface area contributed by atoms with Crippen molar-refractivity contribution in [3.63, 3.8) is 0 Å². The lowest BCUT2D eigenvalue weighted by Gasteiger charge is -2.17. The van der Waals surface area contributed by atoms with Gasteiger partial charge in [0.05, 0.1) is 5.70 Å². The highest BCUT2D eigenvalue weighted by atomic mass is 14.9. The predicted molar refractivity (Wildman–Crippen MR) is 87.8 cm³/mol. The number of anilines is 1. The minimum atomic E-state index is 1.09. The van der Waals surface area contributed by atoms with Crippen molar-refractivity contribution in [1.82, 2.24) is 5.32 Å². The summed E-state index contributed by atoms with van der Waals surface area (Å²) >= 11 is 0. The van der Waals surface area contributed by atoms with Gasteiger partial charge in [-0.1, -0.05) is 42.5 Å². The summed E-state index contributed by atoms with van der Waals surface area (Å²) in [6.45, 7) is 6.39. The van der Waals surface area contributed by atoms with Gasteiger partial charge in [-0.15, -0.1) is 0 Å². The Labute approximate surface area is 121 Å². The summed E-state index contributed by atoms with van der Waals surface area (Å²) in [6.07, 6.45) is 2.01. The lowest BCUT2D eigenvalue weighted by Crippen LogP contribution is -2.07. The molecule has 0 radical (unpaired) electrons. The summed E-state index contributed by atoms with van der Waals surface area (Å²) in [5.74, 6) is 0. The largest absolute Gasteiger partial charge is 0.392 e. The molecule has 0 amide bonds. The van der Waals surface area contributed by atoms with E-state index in [1.54, 1.807) is 0 Å². The number of hydrogen-bond donors (Lipinski definition) is 2. The molecule has 2 aromatic rings. The number of aryl methyl sites for hydroxylation is 3. The van der Waals surface area contributed by atoms with E-state index in [1.807, 2.05) is 13.2 Å². The van der Waals surface area contributed by atoms with E-state index >= 15 is 0 Å². The van der Waals surface area contributed by atoms with Gasteiger partial charge in [0, 0.05) is 24.5 Å². The molecule has 0 heterocycles. The summed E-state index contributed by atoms with van der Waals surface area (Å²) in [7, 11) is 1.92. The molecule has 104 valence electrons. The minimum absolute atomic E-state index is 1.09. The molecule has 0 atom stereocenters. The highest BCUT2D eigenvalue weighted by Gasteiger charge is 2.08. The van der Waals surface area contributed by atoms with E-state index in [9.17, 15) is 0 Å². The molecular weight excluding hydrogens is 244 g/mol. The van der Waals surface area contributed by atoms with E-state index in [1.165, 1.54) is 27.9 Å². The van der Waals surface area contributed by atoms with Crippen molar-refractivity contribution in [2.75, 3.05) is 12.4 Å². The van der Waals surface area contributed by atoms with Crippen molar-refractivity contribution in [2.24, 2.45) is 0 Å². The van der Waals surface area contributed by atoms with Crippen molar-refractivity contribution >= 4 is 11.4 Å². The van der Waals surface area contributed by atoms with Crippen molar-refractivity contribution < 1.29 is 0 Å². The van der Waals surface area contributed by atoms with Crippen molar-refractivity contribution in [3.8, 4) is 0 Å². The highest BCUT2D eigenvalue weighted by Crippen LogP contribution is 2.26. The van der Waals surface area contributed by atoms with Gasteiger partial charge in [-0.25, -0.2) is 0 Å². The molecular formula is C18H22N2. The maximum absolute atomic E-state index is 3.57. The first kappa shape index (κ1) is 14.2. The molecule has 20 heavy (non-hydrogen) atoms. The van der Waals surface area contributed by atoms with E-state index in [4.69, 9.17) is 0 Å². The normalized spacial score (nSPS) is 11.3. The van der Waals surface area contributed by atoms with Gasteiger partial charge in [0.25, 0.3) is 0 Å². The molecule has 0 aliphatic carbocycles. The van der Waals surface area contributed by atoms with Crippen LogP contribution in [-0.2, 0) is 0 Å². The Morgan fingerprint density at radius 1 is 0.850 bits per heavy atom. The molecule has 0 spiro atoms. The van der Waals surface area contributed by atoms with E-state index in [0.717, 1.165) is 5.70 Å². The van der Waals surface area contributed by atoms with E-state index in [2.05, 4.69) is 73.9 Å². The Kier molecular flexibility index (Phi) is 4.46. The molecule has 0 aliphatic rings. The first-order valence-corrected chi connectivity index (χ1v) is 6.90. The summed E-state index contributed by atoms with van der Waals surface area (Å²) in [5.41, 5.74) is 7.23. The Morgan fingerprint density at radius 3 is 2.05 bits per heavy atom. The fourth-order valence-corrected chi connectivity index (χ4v) is 2.35.